The van der Waals surface area contributed by atoms with Gasteiger partial charge in [-0.15, -0.1) is 0 Å². The van der Waals surface area contributed by atoms with Gasteiger partial charge in [-0.1, -0.05) is 28.1 Å². The molecule has 0 radical (unpaired) electrons. The Labute approximate surface area is 135 Å². The molecule has 1 aromatic carbocycles. The normalized spacial score (nSPS) is 21.3. The Hall–Kier alpha value is -0.870. The first-order chi connectivity index (χ1) is 10.2. The lowest BCUT2D eigenvalue weighted by atomic mass is 9.91. The summed E-state index contributed by atoms with van der Waals surface area (Å²) in [6.45, 7) is 2.91. The minimum Gasteiger partial charge on any atom is -0.342 e. The maximum Gasteiger partial charge on any atom is 0.233 e. The lowest BCUT2D eigenvalue weighted by Crippen LogP contribution is -2.45. The van der Waals surface area contributed by atoms with E-state index in [0.717, 1.165) is 55.7 Å². The molecule has 4 heteroatoms. The van der Waals surface area contributed by atoms with Gasteiger partial charge in [0.1, 0.15) is 0 Å². The number of piperidine rings is 1. The summed E-state index contributed by atoms with van der Waals surface area (Å²) in [5.74, 6) is 1.08. The number of hydrogen-bond acceptors (Lipinski definition) is 2. The van der Waals surface area contributed by atoms with E-state index in [1.165, 1.54) is 5.56 Å². The van der Waals surface area contributed by atoms with Crippen molar-refractivity contribution in [3.63, 3.8) is 0 Å². The number of benzene rings is 1. The maximum atomic E-state index is 12.9. The van der Waals surface area contributed by atoms with E-state index >= 15 is 0 Å². The van der Waals surface area contributed by atoms with Crippen molar-refractivity contribution >= 4 is 21.8 Å². The molecule has 1 aliphatic carbocycles. The molecule has 0 unspecified atom stereocenters. The van der Waals surface area contributed by atoms with Gasteiger partial charge in [0.25, 0.3) is 0 Å². The first-order valence-electron chi connectivity index (χ1n) is 7.86. The van der Waals surface area contributed by atoms with Crippen LogP contribution in [-0.4, -0.2) is 37.5 Å². The van der Waals surface area contributed by atoms with Gasteiger partial charge in [-0.05, 0) is 62.9 Å². The number of amides is 1. The van der Waals surface area contributed by atoms with E-state index in [4.69, 9.17) is 0 Å². The molecule has 1 saturated heterocycles. The van der Waals surface area contributed by atoms with Crippen LogP contribution in [0.15, 0.2) is 28.7 Å². The molecule has 1 aliphatic heterocycles. The average Bonchev–Trinajstić information content (AvgIpc) is 3.30. The molecule has 3 rings (SSSR count). The van der Waals surface area contributed by atoms with Crippen LogP contribution in [0.25, 0.3) is 0 Å². The largest absolute Gasteiger partial charge is 0.342 e. The highest BCUT2D eigenvalue weighted by Gasteiger charge is 2.53. The zero-order chi connectivity index (χ0) is 14.9. The van der Waals surface area contributed by atoms with Gasteiger partial charge in [0, 0.05) is 17.6 Å². The molecule has 1 saturated carbocycles. The molecule has 1 aromatic rings. The van der Waals surface area contributed by atoms with Crippen molar-refractivity contribution in [2.45, 2.75) is 31.1 Å². The summed E-state index contributed by atoms with van der Waals surface area (Å²) in [4.78, 5) is 15.0. The van der Waals surface area contributed by atoms with Gasteiger partial charge in [-0.2, -0.15) is 0 Å². The molecule has 0 spiro atoms. The Morgan fingerprint density at radius 1 is 1.29 bits per heavy atom. The summed E-state index contributed by atoms with van der Waals surface area (Å²) < 4.78 is 1.07. The van der Waals surface area contributed by atoms with Gasteiger partial charge in [0.15, 0.2) is 0 Å². The van der Waals surface area contributed by atoms with Gasteiger partial charge in [0.05, 0.1) is 5.41 Å². The van der Waals surface area contributed by atoms with Crippen LogP contribution >= 0.6 is 15.9 Å². The van der Waals surface area contributed by atoms with Gasteiger partial charge < -0.3 is 10.2 Å². The second kappa shape index (κ2) is 6.09. The molecular formula is C17H23BrN2O. The van der Waals surface area contributed by atoms with Crippen molar-refractivity contribution < 1.29 is 4.79 Å². The highest BCUT2D eigenvalue weighted by molar-refractivity contribution is 9.10. The van der Waals surface area contributed by atoms with E-state index in [2.05, 4.69) is 38.3 Å². The van der Waals surface area contributed by atoms with Gasteiger partial charge in [0.2, 0.25) is 5.91 Å². The van der Waals surface area contributed by atoms with Crippen LogP contribution in [0.5, 0.6) is 0 Å². The molecule has 2 aliphatic rings. The summed E-state index contributed by atoms with van der Waals surface area (Å²) in [5.41, 5.74) is 0.976. The Bertz CT molecular complexity index is 502. The molecule has 1 amide bonds. The topological polar surface area (TPSA) is 32.3 Å². The van der Waals surface area contributed by atoms with E-state index in [0.29, 0.717) is 5.91 Å². The molecule has 114 valence electrons. The molecule has 3 nitrogen and oxygen atoms in total. The molecule has 1 N–H and O–H groups in total. The van der Waals surface area contributed by atoms with Crippen molar-refractivity contribution in [1.82, 2.24) is 10.2 Å². The van der Waals surface area contributed by atoms with Crippen molar-refractivity contribution in [1.29, 1.82) is 0 Å². The SMILES string of the molecule is CNCC1CCN(C(=O)C2(c3ccc(Br)cc3)CC2)CC1. The Kier molecular flexibility index (Phi) is 4.36. The number of nitrogens with zero attached hydrogens (tertiary/aromatic N) is 1. The molecule has 0 bridgehead atoms. The third kappa shape index (κ3) is 3.02. The van der Waals surface area contributed by atoms with E-state index in [1.54, 1.807) is 0 Å². The highest BCUT2D eigenvalue weighted by Crippen LogP contribution is 2.50. The number of rotatable bonds is 4. The number of likely N-dealkylation sites (tertiary alicyclic amines) is 1. The van der Waals surface area contributed by atoms with E-state index in [-0.39, 0.29) is 5.41 Å². The number of halogens is 1. The van der Waals surface area contributed by atoms with Crippen LogP contribution in [-0.2, 0) is 10.2 Å². The number of carbonyl (C=O) groups excluding carboxylic acids is 1. The molecule has 1 heterocycles. The molecule has 21 heavy (non-hydrogen) atoms. The third-order valence-corrected chi connectivity index (χ3v) is 5.48. The molecule has 0 atom stereocenters. The predicted molar refractivity (Wildman–Crippen MR) is 88.3 cm³/mol. The van der Waals surface area contributed by atoms with Gasteiger partial charge in [-0.3, -0.25) is 4.79 Å². The summed E-state index contributed by atoms with van der Waals surface area (Å²) in [5, 5.41) is 3.25. The van der Waals surface area contributed by atoms with Crippen molar-refractivity contribution in [2.75, 3.05) is 26.7 Å². The minimum atomic E-state index is -0.212. The monoisotopic (exact) mass is 350 g/mol. The van der Waals surface area contributed by atoms with Gasteiger partial charge in [-0.25, -0.2) is 0 Å². The van der Waals surface area contributed by atoms with Crippen LogP contribution in [0.1, 0.15) is 31.2 Å². The molecular weight excluding hydrogens is 328 g/mol. The zero-order valence-corrected chi connectivity index (χ0v) is 14.2. The van der Waals surface area contributed by atoms with Crippen LogP contribution in [0.3, 0.4) is 0 Å². The fraction of sp³-hybridized carbons (Fsp3) is 0.588. The fourth-order valence-corrected chi connectivity index (χ4v) is 3.72. The maximum absolute atomic E-state index is 12.9. The summed E-state index contributed by atoms with van der Waals surface area (Å²) in [6.07, 6.45) is 4.26. The smallest absolute Gasteiger partial charge is 0.233 e. The Morgan fingerprint density at radius 3 is 2.43 bits per heavy atom. The first kappa shape index (κ1) is 15.0. The number of hydrogen-bond donors (Lipinski definition) is 1. The number of nitrogens with one attached hydrogen (secondary N) is 1. The minimum absolute atomic E-state index is 0.212. The predicted octanol–water partition coefficient (Wildman–Crippen LogP) is 2.94. The quantitative estimate of drug-likeness (QED) is 0.905. The standard InChI is InChI=1S/C17H23BrN2O/c1-19-12-13-6-10-20(11-7-13)16(21)17(8-9-17)14-2-4-15(18)5-3-14/h2-5,13,19H,6-12H2,1H3. The highest BCUT2D eigenvalue weighted by atomic mass is 79.9. The Balaban J connectivity index is 1.67. The second-order valence-corrected chi connectivity index (χ2v) is 7.30. The lowest BCUT2D eigenvalue weighted by molar-refractivity contribution is -0.135. The lowest BCUT2D eigenvalue weighted by Gasteiger charge is -2.34. The summed E-state index contributed by atoms with van der Waals surface area (Å²) in [6, 6.07) is 8.29. The van der Waals surface area contributed by atoms with Crippen LogP contribution in [0, 0.1) is 5.92 Å². The van der Waals surface area contributed by atoms with Crippen LogP contribution < -0.4 is 5.32 Å². The van der Waals surface area contributed by atoms with Crippen LogP contribution in [0.2, 0.25) is 0 Å². The fourth-order valence-electron chi connectivity index (χ4n) is 3.45. The third-order valence-electron chi connectivity index (χ3n) is 4.95. The summed E-state index contributed by atoms with van der Waals surface area (Å²) >= 11 is 3.47. The van der Waals surface area contributed by atoms with E-state index < -0.39 is 0 Å². The molecule has 2 fully saturated rings. The average molecular weight is 351 g/mol. The van der Waals surface area contributed by atoms with E-state index in [1.807, 2.05) is 19.2 Å². The first-order valence-corrected chi connectivity index (χ1v) is 8.65. The second-order valence-electron chi connectivity index (χ2n) is 6.38. The van der Waals surface area contributed by atoms with Crippen molar-refractivity contribution in [3.05, 3.63) is 34.3 Å². The van der Waals surface area contributed by atoms with Crippen LogP contribution in [0.4, 0.5) is 0 Å². The van der Waals surface area contributed by atoms with Crippen molar-refractivity contribution in [2.24, 2.45) is 5.92 Å². The Morgan fingerprint density at radius 2 is 1.90 bits per heavy atom. The summed E-state index contributed by atoms with van der Waals surface area (Å²) in [7, 11) is 2.00. The van der Waals surface area contributed by atoms with E-state index in [9.17, 15) is 4.79 Å². The van der Waals surface area contributed by atoms with Gasteiger partial charge >= 0.3 is 0 Å². The van der Waals surface area contributed by atoms with Crippen molar-refractivity contribution in [3.8, 4) is 0 Å². The number of carbonyl (C=O) groups is 1. The zero-order valence-electron chi connectivity index (χ0n) is 12.6. The molecule has 0 aromatic heterocycles.